The van der Waals surface area contributed by atoms with E-state index in [0.29, 0.717) is 6.42 Å². The molecule has 0 spiro atoms. The molecule has 2 rings (SSSR count). The molecule has 5 heteroatoms. The van der Waals surface area contributed by atoms with Crippen molar-refractivity contribution in [3.05, 3.63) is 35.9 Å². The number of aliphatic hydroxyl groups excluding tert-OH is 1. The molecule has 1 fully saturated rings. The van der Waals surface area contributed by atoms with Crippen molar-refractivity contribution in [2.24, 2.45) is 0 Å². The van der Waals surface area contributed by atoms with Crippen LogP contribution in [0, 0.1) is 0 Å². The number of nitrogens with one attached hydrogen (secondary N) is 1. The number of rotatable bonds is 6. The molecule has 0 unspecified atom stereocenters. The number of hydrogen-bond donors (Lipinski definition) is 2. The van der Waals surface area contributed by atoms with E-state index in [9.17, 15) is 9.90 Å². The molecule has 1 heterocycles. The molecular formula is C18H29N3O2. The van der Waals surface area contributed by atoms with E-state index in [-0.39, 0.29) is 12.5 Å². The maximum absolute atomic E-state index is 12.5. The van der Waals surface area contributed by atoms with Crippen LogP contribution < -0.4 is 5.32 Å². The molecule has 0 aromatic heterocycles. The zero-order chi connectivity index (χ0) is 16.9. The molecular weight excluding hydrogens is 290 g/mol. The van der Waals surface area contributed by atoms with E-state index in [1.165, 1.54) is 0 Å². The Labute approximate surface area is 139 Å². The molecule has 1 aliphatic heterocycles. The van der Waals surface area contributed by atoms with E-state index in [1.54, 1.807) is 0 Å². The summed E-state index contributed by atoms with van der Waals surface area (Å²) in [6, 6.07) is 9.84. The van der Waals surface area contributed by atoms with Crippen molar-refractivity contribution in [2.45, 2.75) is 31.9 Å². The second-order valence-corrected chi connectivity index (χ2v) is 6.90. The maximum atomic E-state index is 12.5. The highest BCUT2D eigenvalue weighted by Crippen LogP contribution is 2.17. The van der Waals surface area contributed by atoms with Crippen LogP contribution in [0.25, 0.3) is 0 Å². The van der Waals surface area contributed by atoms with Crippen molar-refractivity contribution < 1.29 is 9.90 Å². The molecule has 1 aromatic rings. The fraction of sp³-hybridized carbons (Fsp3) is 0.611. The smallest absolute Gasteiger partial charge is 0.240 e. The molecule has 1 atom stereocenters. The van der Waals surface area contributed by atoms with Crippen molar-refractivity contribution in [1.82, 2.24) is 15.1 Å². The first kappa shape index (κ1) is 17.9. The minimum absolute atomic E-state index is 0.0193. The number of likely N-dealkylation sites (N-methyl/N-ethyl adjacent to an activating group) is 1. The predicted molar refractivity (Wildman–Crippen MR) is 92.3 cm³/mol. The van der Waals surface area contributed by atoms with Gasteiger partial charge in [-0.3, -0.25) is 9.69 Å². The first-order valence-corrected chi connectivity index (χ1v) is 8.33. The highest BCUT2D eigenvalue weighted by Gasteiger charge is 2.35. The second-order valence-electron chi connectivity index (χ2n) is 6.90. The van der Waals surface area contributed by atoms with Gasteiger partial charge in [0.2, 0.25) is 5.91 Å². The lowest BCUT2D eigenvalue weighted by Crippen LogP contribution is -2.60. The minimum atomic E-state index is -0.565. The third-order valence-electron chi connectivity index (χ3n) is 4.66. The number of aliphatic hydroxyl groups is 1. The van der Waals surface area contributed by atoms with Gasteiger partial charge in [0, 0.05) is 39.1 Å². The van der Waals surface area contributed by atoms with E-state index < -0.39 is 11.6 Å². The van der Waals surface area contributed by atoms with Gasteiger partial charge in [0.15, 0.2) is 0 Å². The summed E-state index contributed by atoms with van der Waals surface area (Å²) in [6.07, 6.45) is -0.0135. The third-order valence-corrected chi connectivity index (χ3v) is 4.66. The quantitative estimate of drug-likeness (QED) is 0.812. The van der Waals surface area contributed by atoms with Crippen LogP contribution in [0.15, 0.2) is 30.3 Å². The molecule has 23 heavy (non-hydrogen) atoms. The largest absolute Gasteiger partial charge is 0.391 e. The van der Waals surface area contributed by atoms with Crippen LogP contribution in [-0.4, -0.2) is 72.2 Å². The van der Waals surface area contributed by atoms with Crippen LogP contribution in [0.3, 0.4) is 0 Å². The summed E-state index contributed by atoms with van der Waals surface area (Å²) in [6.45, 7) is 7.94. The van der Waals surface area contributed by atoms with E-state index in [2.05, 4.69) is 22.2 Å². The summed E-state index contributed by atoms with van der Waals surface area (Å²) in [7, 11) is 2.10. The summed E-state index contributed by atoms with van der Waals surface area (Å²) in [5.74, 6) is -0.0193. The molecule has 0 saturated carbocycles. The number of nitrogens with zero attached hydrogens (tertiary/aromatic N) is 2. The Morgan fingerprint density at radius 1 is 1.22 bits per heavy atom. The van der Waals surface area contributed by atoms with Gasteiger partial charge in [-0.05, 0) is 26.5 Å². The van der Waals surface area contributed by atoms with Crippen LogP contribution in [-0.2, 0) is 11.2 Å². The fourth-order valence-electron chi connectivity index (χ4n) is 2.89. The lowest BCUT2D eigenvalue weighted by Gasteiger charge is -2.42. The zero-order valence-electron chi connectivity index (χ0n) is 14.5. The number of piperazine rings is 1. The van der Waals surface area contributed by atoms with Crippen LogP contribution in [0.5, 0.6) is 0 Å². The van der Waals surface area contributed by atoms with Crippen LogP contribution in [0.1, 0.15) is 19.4 Å². The summed E-state index contributed by atoms with van der Waals surface area (Å²) in [5.41, 5.74) is 0.529. The first-order chi connectivity index (χ1) is 10.9. The number of carbonyl (C=O) groups excluding carboxylic acids is 1. The van der Waals surface area contributed by atoms with E-state index in [1.807, 2.05) is 44.2 Å². The Kier molecular flexibility index (Phi) is 6.16. The minimum Gasteiger partial charge on any atom is -0.391 e. The van der Waals surface area contributed by atoms with Gasteiger partial charge in [-0.1, -0.05) is 30.3 Å². The average Bonchev–Trinajstić information content (AvgIpc) is 2.54. The monoisotopic (exact) mass is 319 g/mol. The third kappa shape index (κ3) is 5.03. The average molecular weight is 319 g/mol. The molecule has 1 aliphatic rings. The molecule has 2 N–H and O–H groups in total. The lowest BCUT2D eigenvalue weighted by molar-refractivity contribution is -0.133. The molecule has 1 amide bonds. The van der Waals surface area contributed by atoms with Gasteiger partial charge < -0.3 is 15.3 Å². The summed E-state index contributed by atoms with van der Waals surface area (Å²) < 4.78 is 0. The van der Waals surface area contributed by atoms with E-state index in [4.69, 9.17) is 0 Å². The Hall–Kier alpha value is -1.43. The predicted octanol–water partition coefficient (Wildman–Crippen LogP) is 0.732. The molecule has 1 aromatic carbocycles. The van der Waals surface area contributed by atoms with Gasteiger partial charge in [0.05, 0.1) is 11.6 Å². The molecule has 128 valence electrons. The Morgan fingerprint density at radius 2 is 1.83 bits per heavy atom. The summed E-state index contributed by atoms with van der Waals surface area (Å²) >= 11 is 0. The number of carbonyl (C=O) groups is 1. The lowest BCUT2D eigenvalue weighted by atomic mass is 10.00. The van der Waals surface area contributed by atoms with Gasteiger partial charge in [0.1, 0.15) is 0 Å². The molecule has 0 bridgehead atoms. The SMILES string of the molecule is CN1CCN(C(C)(C)C(=O)NC[C@H](O)Cc2ccccc2)CC1. The Balaban J connectivity index is 1.81. The molecule has 0 radical (unpaired) electrons. The molecule has 1 saturated heterocycles. The maximum Gasteiger partial charge on any atom is 0.240 e. The zero-order valence-corrected chi connectivity index (χ0v) is 14.5. The van der Waals surface area contributed by atoms with E-state index in [0.717, 1.165) is 31.7 Å². The van der Waals surface area contributed by atoms with Crippen LogP contribution in [0.2, 0.25) is 0 Å². The van der Waals surface area contributed by atoms with Gasteiger partial charge in [-0.25, -0.2) is 0 Å². The first-order valence-electron chi connectivity index (χ1n) is 8.33. The summed E-state index contributed by atoms with van der Waals surface area (Å²) in [4.78, 5) is 17.0. The van der Waals surface area contributed by atoms with Gasteiger partial charge in [0.25, 0.3) is 0 Å². The Bertz CT molecular complexity index is 496. The number of benzene rings is 1. The Morgan fingerprint density at radius 3 is 2.43 bits per heavy atom. The van der Waals surface area contributed by atoms with Gasteiger partial charge in [-0.2, -0.15) is 0 Å². The van der Waals surface area contributed by atoms with Crippen molar-refractivity contribution in [3.8, 4) is 0 Å². The standard InChI is InChI=1S/C18H29N3O2/c1-18(2,21-11-9-20(3)10-12-21)17(23)19-14-16(22)13-15-7-5-4-6-8-15/h4-8,16,22H,9-14H2,1-3H3,(H,19,23)/t16-/m1/s1. The van der Waals surface area contributed by atoms with Crippen molar-refractivity contribution >= 4 is 5.91 Å². The number of amides is 1. The molecule has 5 nitrogen and oxygen atoms in total. The topological polar surface area (TPSA) is 55.8 Å². The van der Waals surface area contributed by atoms with Crippen LogP contribution >= 0.6 is 0 Å². The van der Waals surface area contributed by atoms with Gasteiger partial charge in [-0.15, -0.1) is 0 Å². The summed E-state index contributed by atoms with van der Waals surface area (Å²) in [5, 5.41) is 13.0. The number of hydrogen-bond acceptors (Lipinski definition) is 4. The van der Waals surface area contributed by atoms with E-state index >= 15 is 0 Å². The second kappa shape index (κ2) is 7.90. The fourth-order valence-corrected chi connectivity index (χ4v) is 2.89. The van der Waals surface area contributed by atoms with Crippen molar-refractivity contribution in [2.75, 3.05) is 39.8 Å². The van der Waals surface area contributed by atoms with Crippen molar-refractivity contribution in [1.29, 1.82) is 0 Å². The normalized spacial score (nSPS) is 18.6. The van der Waals surface area contributed by atoms with Crippen LogP contribution in [0.4, 0.5) is 0 Å². The highest BCUT2D eigenvalue weighted by molar-refractivity contribution is 5.85. The van der Waals surface area contributed by atoms with Gasteiger partial charge >= 0.3 is 0 Å². The van der Waals surface area contributed by atoms with Crippen molar-refractivity contribution in [3.63, 3.8) is 0 Å². The molecule has 0 aliphatic carbocycles. The highest BCUT2D eigenvalue weighted by atomic mass is 16.3.